The van der Waals surface area contributed by atoms with Crippen LogP contribution in [0.15, 0.2) is 18.2 Å². The number of amides is 1. The van der Waals surface area contributed by atoms with Gasteiger partial charge in [-0.05, 0) is 36.6 Å². The second-order valence-electron chi connectivity index (χ2n) is 4.31. The summed E-state index contributed by atoms with van der Waals surface area (Å²) in [5, 5.41) is 20.8. The van der Waals surface area contributed by atoms with Crippen molar-refractivity contribution in [3.63, 3.8) is 0 Å². The first-order valence-electron chi connectivity index (χ1n) is 5.84. The summed E-state index contributed by atoms with van der Waals surface area (Å²) in [6.07, 6.45) is 0.280. The maximum atomic E-state index is 13.1. The van der Waals surface area contributed by atoms with Crippen molar-refractivity contribution in [2.75, 3.05) is 0 Å². The van der Waals surface area contributed by atoms with Crippen LogP contribution >= 0.6 is 0 Å². The van der Waals surface area contributed by atoms with E-state index in [4.69, 9.17) is 5.11 Å². The highest BCUT2D eigenvalue weighted by atomic mass is 19.1. The van der Waals surface area contributed by atoms with Gasteiger partial charge < -0.3 is 15.5 Å². The van der Waals surface area contributed by atoms with Gasteiger partial charge in [0.25, 0.3) is 0 Å². The van der Waals surface area contributed by atoms with E-state index in [-0.39, 0.29) is 30.9 Å². The second-order valence-corrected chi connectivity index (χ2v) is 4.31. The second kappa shape index (κ2) is 6.72. The monoisotopic (exact) mass is 269 g/mol. The van der Waals surface area contributed by atoms with Crippen LogP contribution in [0.5, 0.6) is 5.75 Å². The van der Waals surface area contributed by atoms with E-state index >= 15 is 0 Å². The topological polar surface area (TPSA) is 86.6 Å². The van der Waals surface area contributed by atoms with Gasteiger partial charge in [0.2, 0.25) is 5.91 Å². The van der Waals surface area contributed by atoms with Gasteiger partial charge in [-0.2, -0.15) is 0 Å². The fraction of sp³-hybridized carbons (Fsp3) is 0.385. The summed E-state index contributed by atoms with van der Waals surface area (Å²) in [6.45, 7) is 1.32. The lowest BCUT2D eigenvalue weighted by molar-refractivity contribution is -0.137. The third kappa shape index (κ3) is 5.37. The van der Waals surface area contributed by atoms with Gasteiger partial charge >= 0.3 is 5.97 Å². The minimum absolute atomic E-state index is 0.0768. The summed E-state index contributed by atoms with van der Waals surface area (Å²) in [5.74, 6) is -1.84. The molecule has 1 rings (SSSR count). The molecule has 5 nitrogen and oxygen atoms in total. The Labute approximate surface area is 110 Å². The number of rotatable bonds is 6. The maximum Gasteiger partial charge on any atom is 0.303 e. The predicted molar refractivity (Wildman–Crippen MR) is 66.2 cm³/mol. The molecule has 0 radical (unpaired) electrons. The molecule has 0 aliphatic rings. The van der Waals surface area contributed by atoms with Crippen LogP contribution in [0, 0.1) is 5.82 Å². The van der Waals surface area contributed by atoms with Crippen LogP contribution < -0.4 is 5.32 Å². The molecule has 0 bridgehead atoms. The lowest BCUT2D eigenvalue weighted by atomic mass is 10.0. The van der Waals surface area contributed by atoms with Crippen LogP contribution in [0.1, 0.15) is 25.3 Å². The van der Waals surface area contributed by atoms with Crippen molar-refractivity contribution in [1.29, 1.82) is 0 Å². The van der Waals surface area contributed by atoms with Crippen molar-refractivity contribution in [3.8, 4) is 5.75 Å². The summed E-state index contributed by atoms with van der Waals surface area (Å²) in [6, 6.07) is 3.07. The zero-order valence-corrected chi connectivity index (χ0v) is 10.5. The minimum atomic E-state index is -0.973. The van der Waals surface area contributed by atoms with E-state index in [1.165, 1.54) is 19.1 Å². The largest absolute Gasteiger partial charge is 0.508 e. The summed E-state index contributed by atoms with van der Waals surface area (Å²) in [7, 11) is 0. The smallest absolute Gasteiger partial charge is 0.303 e. The quantitative estimate of drug-likeness (QED) is 0.729. The Hall–Kier alpha value is -2.11. The number of halogens is 1. The first kappa shape index (κ1) is 14.9. The van der Waals surface area contributed by atoms with Crippen LogP contribution in [0.25, 0.3) is 0 Å². The Morgan fingerprint density at radius 3 is 2.68 bits per heavy atom. The summed E-state index contributed by atoms with van der Waals surface area (Å²) >= 11 is 0. The number of carbonyl (C=O) groups is 2. The number of carboxylic acid groups (broad SMARTS) is 1. The van der Waals surface area contributed by atoms with Gasteiger partial charge in [0.1, 0.15) is 11.6 Å². The molecule has 1 unspecified atom stereocenters. The highest BCUT2D eigenvalue weighted by molar-refractivity contribution is 5.73. The minimum Gasteiger partial charge on any atom is -0.508 e. The van der Waals surface area contributed by atoms with Gasteiger partial charge in [0.15, 0.2) is 0 Å². The Morgan fingerprint density at radius 2 is 2.11 bits per heavy atom. The highest BCUT2D eigenvalue weighted by Gasteiger charge is 2.15. The third-order valence-corrected chi connectivity index (χ3v) is 2.62. The summed E-state index contributed by atoms with van der Waals surface area (Å²) in [4.78, 5) is 21.6. The maximum absolute atomic E-state index is 13.1. The molecular formula is C13H16FNO4. The van der Waals surface area contributed by atoms with Gasteiger partial charge in [-0.1, -0.05) is 0 Å². The van der Waals surface area contributed by atoms with E-state index < -0.39 is 17.8 Å². The number of nitrogens with one attached hydrogen (secondary N) is 1. The molecule has 1 atom stereocenters. The third-order valence-electron chi connectivity index (χ3n) is 2.62. The van der Waals surface area contributed by atoms with Crippen molar-refractivity contribution in [2.24, 2.45) is 0 Å². The number of carbonyl (C=O) groups excluding carboxylic acids is 1. The molecule has 1 aromatic carbocycles. The zero-order valence-electron chi connectivity index (χ0n) is 10.5. The van der Waals surface area contributed by atoms with Crippen LogP contribution in [0.4, 0.5) is 4.39 Å². The van der Waals surface area contributed by atoms with Crippen LogP contribution in [-0.2, 0) is 16.0 Å². The Morgan fingerprint density at radius 1 is 1.42 bits per heavy atom. The number of aliphatic carboxylic acids is 1. The number of carboxylic acids is 1. The average Bonchev–Trinajstić information content (AvgIpc) is 2.30. The molecule has 0 aromatic heterocycles. The standard InChI is InChI=1S/C13H16FNO4/c1-8(16)15-11(3-5-13(18)19)7-9-6-10(14)2-4-12(9)17/h2,4,6,11,17H,3,5,7H2,1H3,(H,15,16)(H,18,19). The van der Waals surface area contributed by atoms with Crippen molar-refractivity contribution in [2.45, 2.75) is 32.2 Å². The zero-order chi connectivity index (χ0) is 14.4. The Bertz CT molecular complexity index is 476. The number of hydrogen-bond acceptors (Lipinski definition) is 3. The molecule has 0 aliphatic heterocycles. The molecule has 0 aliphatic carbocycles. The molecule has 6 heteroatoms. The van der Waals surface area contributed by atoms with E-state index in [1.54, 1.807) is 0 Å². The van der Waals surface area contributed by atoms with Crippen molar-refractivity contribution in [3.05, 3.63) is 29.6 Å². The van der Waals surface area contributed by atoms with Crippen molar-refractivity contribution < 1.29 is 24.2 Å². The Balaban J connectivity index is 2.77. The van der Waals surface area contributed by atoms with Gasteiger partial charge in [-0.15, -0.1) is 0 Å². The number of hydrogen-bond donors (Lipinski definition) is 3. The average molecular weight is 269 g/mol. The van der Waals surface area contributed by atoms with Crippen LogP contribution in [0.3, 0.4) is 0 Å². The fourth-order valence-electron chi connectivity index (χ4n) is 1.79. The predicted octanol–water partition coefficient (Wildman–Crippen LogP) is 1.44. The molecule has 0 heterocycles. The van der Waals surface area contributed by atoms with Crippen molar-refractivity contribution >= 4 is 11.9 Å². The summed E-state index contributed by atoms with van der Waals surface area (Å²) in [5.41, 5.74) is 0.337. The molecule has 0 saturated carbocycles. The SMILES string of the molecule is CC(=O)NC(CCC(=O)O)Cc1cc(F)ccc1O. The van der Waals surface area contributed by atoms with Crippen molar-refractivity contribution in [1.82, 2.24) is 5.32 Å². The molecule has 0 spiro atoms. The lowest BCUT2D eigenvalue weighted by Gasteiger charge is -2.17. The Kier molecular flexibility index (Phi) is 5.29. The number of aromatic hydroxyl groups is 1. The van der Waals surface area contributed by atoms with E-state index in [2.05, 4.69) is 5.32 Å². The van der Waals surface area contributed by atoms with Gasteiger partial charge in [-0.3, -0.25) is 9.59 Å². The lowest BCUT2D eigenvalue weighted by Crippen LogP contribution is -2.35. The summed E-state index contributed by atoms with van der Waals surface area (Å²) < 4.78 is 13.1. The highest BCUT2D eigenvalue weighted by Crippen LogP contribution is 2.20. The number of benzene rings is 1. The van der Waals surface area contributed by atoms with Crippen LogP contribution in [-0.4, -0.2) is 28.1 Å². The van der Waals surface area contributed by atoms with E-state index in [0.29, 0.717) is 5.56 Å². The molecule has 104 valence electrons. The van der Waals surface area contributed by atoms with Gasteiger partial charge in [0, 0.05) is 19.4 Å². The first-order valence-corrected chi connectivity index (χ1v) is 5.84. The van der Waals surface area contributed by atoms with E-state index in [9.17, 15) is 19.1 Å². The molecule has 1 amide bonds. The van der Waals surface area contributed by atoms with E-state index in [1.807, 2.05) is 0 Å². The molecular weight excluding hydrogens is 253 g/mol. The fourth-order valence-corrected chi connectivity index (χ4v) is 1.79. The number of phenolic OH excluding ortho intramolecular Hbond substituents is 1. The molecule has 19 heavy (non-hydrogen) atoms. The molecule has 1 aromatic rings. The van der Waals surface area contributed by atoms with E-state index in [0.717, 1.165) is 6.07 Å². The van der Waals surface area contributed by atoms with Gasteiger partial charge in [0.05, 0.1) is 0 Å². The number of phenols is 1. The molecule has 0 saturated heterocycles. The van der Waals surface area contributed by atoms with Gasteiger partial charge in [-0.25, -0.2) is 4.39 Å². The first-order chi connectivity index (χ1) is 8.88. The normalized spacial score (nSPS) is 11.9. The molecule has 3 N–H and O–H groups in total. The molecule has 0 fully saturated rings. The van der Waals surface area contributed by atoms with Crippen LogP contribution in [0.2, 0.25) is 0 Å².